The fourth-order valence-electron chi connectivity index (χ4n) is 2.23. The first kappa shape index (κ1) is 16.7. The van der Waals surface area contributed by atoms with E-state index in [0.29, 0.717) is 0 Å². The minimum Gasteiger partial charge on any atom is -0.349 e. The normalized spacial score (nSPS) is 12.9. The predicted molar refractivity (Wildman–Crippen MR) is 89.2 cm³/mol. The van der Waals surface area contributed by atoms with Crippen molar-refractivity contribution in [2.75, 3.05) is 6.26 Å². The van der Waals surface area contributed by atoms with Crippen LogP contribution < -0.4 is 5.32 Å². The number of thiophene rings is 1. The molecule has 1 aromatic carbocycles. The second kappa shape index (κ2) is 6.62. The van der Waals surface area contributed by atoms with Gasteiger partial charge < -0.3 is 5.32 Å². The van der Waals surface area contributed by atoms with Gasteiger partial charge >= 0.3 is 0 Å². The number of carbonyl (C=O) groups is 1. The van der Waals surface area contributed by atoms with Crippen molar-refractivity contribution >= 4 is 27.1 Å². The van der Waals surface area contributed by atoms with Crippen molar-refractivity contribution in [2.45, 2.75) is 31.2 Å². The van der Waals surface area contributed by atoms with Crippen molar-refractivity contribution < 1.29 is 13.2 Å². The molecule has 4 nitrogen and oxygen atoms in total. The van der Waals surface area contributed by atoms with E-state index in [1.807, 2.05) is 26.0 Å². The Kier molecular flexibility index (Phi) is 5.03. The number of aryl methyl sites for hydroxylation is 1. The molecule has 1 amide bonds. The van der Waals surface area contributed by atoms with Crippen molar-refractivity contribution in [3.8, 4) is 0 Å². The second-order valence-corrected chi connectivity index (χ2v) is 8.72. The summed E-state index contributed by atoms with van der Waals surface area (Å²) in [5.74, 6) is -0.359. The maximum absolute atomic E-state index is 12.3. The van der Waals surface area contributed by atoms with Crippen molar-refractivity contribution in [2.24, 2.45) is 0 Å². The lowest BCUT2D eigenvalue weighted by Crippen LogP contribution is -2.34. The van der Waals surface area contributed by atoms with Gasteiger partial charge in [0.2, 0.25) is 0 Å². The number of hydrogen-bond acceptors (Lipinski definition) is 4. The topological polar surface area (TPSA) is 63.2 Å². The summed E-state index contributed by atoms with van der Waals surface area (Å²) >= 11 is 1.70. The first-order chi connectivity index (χ1) is 10.3. The number of amides is 1. The van der Waals surface area contributed by atoms with Gasteiger partial charge in [-0.25, -0.2) is 8.42 Å². The molecule has 2 aromatic rings. The molecule has 6 heteroatoms. The molecule has 0 aliphatic carbocycles. The number of nitrogens with one attached hydrogen (secondary N) is 1. The molecular formula is C16H19NO3S2. The Balaban J connectivity index is 2.12. The predicted octanol–water partition coefficient (Wildman–Crippen LogP) is 2.82. The van der Waals surface area contributed by atoms with Crippen molar-refractivity contribution in [1.29, 1.82) is 0 Å². The fourth-order valence-corrected chi connectivity index (χ4v) is 4.13. The summed E-state index contributed by atoms with van der Waals surface area (Å²) in [5, 5.41) is 2.87. The zero-order chi connectivity index (χ0) is 16.3. The summed E-state index contributed by atoms with van der Waals surface area (Å²) in [5.41, 5.74) is 0.194. The molecule has 0 bridgehead atoms. The number of hydrogen-bond donors (Lipinski definition) is 1. The number of benzene rings is 1. The second-order valence-electron chi connectivity index (χ2n) is 5.36. The third-order valence-electron chi connectivity index (χ3n) is 3.21. The van der Waals surface area contributed by atoms with Crippen LogP contribution in [-0.4, -0.2) is 26.6 Å². The van der Waals surface area contributed by atoms with Crippen LogP contribution in [0.25, 0.3) is 0 Å². The van der Waals surface area contributed by atoms with E-state index in [-0.39, 0.29) is 22.4 Å². The lowest BCUT2D eigenvalue weighted by molar-refractivity contribution is 0.0937. The average Bonchev–Trinajstić information content (AvgIpc) is 2.82. The maximum atomic E-state index is 12.3. The average molecular weight is 337 g/mol. The molecule has 22 heavy (non-hydrogen) atoms. The summed E-state index contributed by atoms with van der Waals surface area (Å²) in [6.45, 7) is 3.95. The van der Waals surface area contributed by atoms with Gasteiger partial charge in [-0.05, 0) is 38.1 Å². The molecule has 1 atom stereocenters. The van der Waals surface area contributed by atoms with Crippen LogP contribution in [0.15, 0.2) is 41.3 Å². The smallest absolute Gasteiger partial charge is 0.252 e. The van der Waals surface area contributed by atoms with Crippen LogP contribution in [0.4, 0.5) is 0 Å². The lowest BCUT2D eigenvalue weighted by atomic mass is 10.1. The Morgan fingerprint density at radius 3 is 2.50 bits per heavy atom. The minimum absolute atomic E-state index is 0.0617. The third kappa shape index (κ3) is 4.18. The van der Waals surface area contributed by atoms with E-state index in [4.69, 9.17) is 0 Å². The van der Waals surface area contributed by atoms with Crippen LogP contribution in [-0.2, 0) is 16.3 Å². The molecule has 1 aromatic heterocycles. The van der Waals surface area contributed by atoms with E-state index in [1.54, 1.807) is 23.5 Å². The fraction of sp³-hybridized carbons (Fsp3) is 0.312. The maximum Gasteiger partial charge on any atom is 0.252 e. The van der Waals surface area contributed by atoms with Gasteiger partial charge in [-0.3, -0.25) is 4.79 Å². The first-order valence-corrected chi connectivity index (χ1v) is 9.63. The number of sulfone groups is 1. The van der Waals surface area contributed by atoms with E-state index in [0.717, 1.165) is 12.7 Å². The van der Waals surface area contributed by atoms with Gasteiger partial charge in [0.1, 0.15) is 0 Å². The van der Waals surface area contributed by atoms with Crippen LogP contribution in [0.3, 0.4) is 0 Å². The summed E-state index contributed by atoms with van der Waals surface area (Å²) in [6, 6.07) is 10.3. The van der Waals surface area contributed by atoms with Crippen LogP contribution in [0.5, 0.6) is 0 Å². The number of carbonyl (C=O) groups excluding carboxylic acids is 1. The molecule has 0 fully saturated rings. The lowest BCUT2D eigenvalue weighted by Gasteiger charge is -2.14. The highest BCUT2D eigenvalue weighted by Gasteiger charge is 2.19. The zero-order valence-corrected chi connectivity index (χ0v) is 14.4. The quantitative estimate of drug-likeness (QED) is 0.912. The van der Waals surface area contributed by atoms with Crippen molar-refractivity contribution in [1.82, 2.24) is 5.32 Å². The molecule has 0 spiro atoms. The van der Waals surface area contributed by atoms with E-state index in [9.17, 15) is 13.2 Å². The third-order valence-corrected chi connectivity index (χ3v) is 5.39. The molecule has 1 heterocycles. The monoisotopic (exact) mass is 337 g/mol. The van der Waals surface area contributed by atoms with Crippen LogP contribution in [0.2, 0.25) is 0 Å². The summed E-state index contributed by atoms with van der Waals surface area (Å²) < 4.78 is 23.5. The van der Waals surface area contributed by atoms with Gasteiger partial charge in [0.05, 0.1) is 10.5 Å². The van der Waals surface area contributed by atoms with Crippen LogP contribution in [0.1, 0.15) is 27.0 Å². The standard InChI is InChI=1S/C16H19NO3S2/c1-11(10-13-9-8-12(2)21-13)17-16(18)14-6-4-5-7-15(14)22(3,19)20/h4-9,11H,10H2,1-3H3,(H,17,18)/t11-/m1/s1. The van der Waals surface area contributed by atoms with Gasteiger partial charge in [-0.1, -0.05) is 12.1 Å². The largest absolute Gasteiger partial charge is 0.349 e. The van der Waals surface area contributed by atoms with Gasteiger partial charge in [0, 0.05) is 28.5 Å². The van der Waals surface area contributed by atoms with Gasteiger partial charge in [-0.15, -0.1) is 11.3 Å². The van der Waals surface area contributed by atoms with E-state index >= 15 is 0 Å². The molecule has 0 unspecified atom stereocenters. The van der Waals surface area contributed by atoms with Crippen LogP contribution >= 0.6 is 11.3 Å². The van der Waals surface area contributed by atoms with Crippen molar-refractivity contribution in [3.05, 3.63) is 51.7 Å². The van der Waals surface area contributed by atoms with E-state index in [2.05, 4.69) is 5.32 Å². The first-order valence-electron chi connectivity index (χ1n) is 6.92. The molecule has 0 radical (unpaired) electrons. The van der Waals surface area contributed by atoms with E-state index in [1.165, 1.54) is 21.9 Å². The molecule has 2 rings (SSSR count). The Morgan fingerprint density at radius 1 is 1.23 bits per heavy atom. The van der Waals surface area contributed by atoms with Gasteiger partial charge in [0.25, 0.3) is 5.91 Å². The molecule has 0 aliphatic rings. The van der Waals surface area contributed by atoms with Crippen molar-refractivity contribution in [3.63, 3.8) is 0 Å². The minimum atomic E-state index is -3.43. The molecule has 1 N–H and O–H groups in total. The molecule has 0 saturated heterocycles. The number of rotatable bonds is 5. The molecular weight excluding hydrogens is 318 g/mol. The summed E-state index contributed by atoms with van der Waals surface area (Å²) in [4.78, 5) is 14.8. The highest BCUT2D eigenvalue weighted by Crippen LogP contribution is 2.18. The summed E-state index contributed by atoms with van der Waals surface area (Å²) in [7, 11) is -3.43. The Hall–Kier alpha value is -1.66. The molecule has 0 saturated carbocycles. The highest BCUT2D eigenvalue weighted by molar-refractivity contribution is 7.90. The zero-order valence-electron chi connectivity index (χ0n) is 12.8. The molecule has 0 aliphatic heterocycles. The Morgan fingerprint density at radius 2 is 1.91 bits per heavy atom. The van der Waals surface area contributed by atoms with Crippen LogP contribution in [0, 0.1) is 6.92 Å². The SMILES string of the molecule is Cc1ccc(C[C@@H](C)NC(=O)c2ccccc2S(C)(=O)=O)s1. The van der Waals surface area contributed by atoms with Gasteiger partial charge in [0.15, 0.2) is 9.84 Å². The molecule has 118 valence electrons. The summed E-state index contributed by atoms with van der Waals surface area (Å²) in [6.07, 6.45) is 1.84. The highest BCUT2D eigenvalue weighted by atomic mass is 32.2. The Bertz CT molecular complexity index is 778. The van der Waals surface area contributed by atoms with E-state index < -0.39 is 9.84 Å². The Labute approximate surface area is 135 Å². The van der Waals surface area contributed by atoms with Gasteiger partial charge in [-0.2, -0.15) is 0 Å².